The summed E-state index contributed by atoms with van der Waals surface area (Å²) in [6.07, 6.45) is 1.35. The lowest BCUT2D eigenvalue weighted by Crippen LogP contribution is -2.20. The van der Waals surface area contributed by atoms with Crippen LogP contribution in [0.4, 0.5) is 0 Å². The van der Waals surface area contributed by atoms with Gasteiger partial charge in [-0.05, 0) is 37.3 Å². The molecule has 0 atom stereocenters. The summed E-state index contributed by atoms with van der Waals surface area (Å²) in [4.78, 5) is 24.5. The van der Waals surface area contributed by atoms with Crippen molar-refractivity contribution in [2.24, 2.45) is 5.10 Å². The molecule has 0 aliphatic heterocycles. The molecule has 0 bridgehead atoms. The predicted molar refractivity (Wildman–Crippen MR) is 100 cm³/mol. The van der Waals surface area contributed by atoms with E-state index in [9.17, 15) is 9.59 Å². The van der Waals surface area contributed by atoms with Crippen molar-refractivity contribution >= 4 is 28.1 Å². The number of rotatable bonds is 4. The van der Waals surface area contributed by atoms with Crippen LogP contribution in [-0.4, -0.2) is 21.9 Å². The number of nitrogens with one attached hydrogen (secondary N) is 2. The van der Waals surface area contributed by atoms with Crippen LogP contribution in [0.5, 0.6) is 0 Å². The zero-order chi connectivity index (χ0) is 17.8. The predicted octanol–water partition coefficient (Wildman–Crippen LogP) is 3.00. The molecule has 0 aliphatic carbocycles. The standard InChI is InChI=1S/C18H15BrN4O2/c1-12-16(18(25)23(22-12)15-8-3-2-4-9-15)11-20-21-17(24)13-6-5-7-14(19)10-13/h2-11,22H,1H3,(H,21,24)/b20-11+. The molecule has 0 spiro atoms. The Bertz CT molecular complexity index is 990. The number of H-pyrrole nitrogens is 1. The smallest absolute Gasteiger partial charge is 0.280 e. The molecule has 0 saturated heterocycles. The van der Waals surface area contributed by atoms with Gasteiger partial charge in [0.2, 0.25) is 0 Å². The largest absolute Gasteiger partial charge is 0.295 e. The van der Waals surface area contributed by atoms with E-state index in [2.05, 4.69) is 31.6 Å². The molecule has 0 aliphatic rings. The van der Waals surface area contributed by atoms with Gasteiger partial charge in [0.1, 0.15) is 0 Å². The Morgan fingerprint density at radius 1 is 1.20 bits per heavy atom. The van der Waals surface area contributed by atoms with Gasteiger partial charge >= 0.3 is 0 Å². The molecule has 126 valence electrons. The van der Waals surface area contributed by atoms with Gasteiger partial charge in [0, 0.05) is 15.7 Å². The third-order valence-electron chi connectivity index (χ3n) is 3.58. The summed E-state index contributed by atoms with van der Waals surface area (Å²) < 4.78 is 2.24. The number of amides is 1. The van der Waals surface area contributed by atoms with Crippen molar-refractivity contribution in [1.82, 2.24) is 15.2 Å². The maximum atomic E-state index is 12.5. The lowest BCUT2D eigenvalue weighted by atomic mass is 10.2. The number of carbonyl (C=O) groups is 1. The van der Waals surface area contributed by atoms with Crippen LogP contribution in [0.3, 0.4) is 0 Å². The van der Waals surface area contributed by atoms with Crippen LogP contribution in [0.25, 0.3) is 5.69 Å². The Balaban J connectivity index is 1.79. The molecule has 3 rings (SSSR count). The molecule has 2 N–H and O–H groups in total. The molecular formula is C18H15BrN4O2. The summed E-state index contributed by atoms with van der Waals surface area (Å²) in [6, 6.07) is 16.2. The molecule has 0 fully saturated rings. The Labute approximate surface area is 152 Å². The summed E-state index contributed by atoms with van der Waals surface area (Å²) >= 11 is 3.31. The van der Waals surface area contributed by atoms with E-state index in [1.807, 2.05) is 36.4 Å². The van der Waals surface area contributed by atoms with E-state index in [-0.39, 0.29) is 11.5 Å². The molecule has 2 aromatic carbocycles. The fourth-order valence-corrected chi connectivity index (χ4v) is 2.72. The second-order valence-electron chi connectivity index (χ2n) is 5.34. The van der Waals surface area contributed by atoms with Crippen molar-refractivity contribution < 1.29 is 4.79 Å². The summed E-state index contributed by atoms with van der Waals surface area (Å²) in [5.41, 5.74) is 4.44. The highest BCUT2D eigenvalue weighted by Gasteiger charge is 2.10. The lowest BCUT2D eigenvalue weighted by molar-refractivity contribution is 0.0955. The molecule has 7 heteroatoms. The maximum Gasteiger partial charge on any atom is 0.280 e. The van der Waals surface area contributed by atoms with Crippen molar-refractivity contribution in [2.45, 2.75) is 6.92 Å². The first-order chi connectivity index (χ1) is 12.1. The average Bonchev–Trinajstić information content (AvgIpc) is 2.90. The third kappa shape index (κ3) is 3.77. The fraction of sp³-hybridized carbons (Fsp3) is 0.0556. The zero-order valence-corrected chi connectivity index (χ0v) is 14.9. The molecule has 0 unspecified atom stereocenters. The number of aromatic amines is 1. The first kappa shape index (κ1) is 16.9. The van der Waals surface area contributed by atoms with Crippen molar-refractivity contribution in [2.75, 3.05) is 0 Å². The molecule has 0 radical (unpaired) electrons. The first-order valence-corrected chi connectivity index (χ1v) is 8.31. The Hall–Kier alpha value is -2.93. The van der Waals surface area contributed by atoms with Crippen LogP contribution in [0.1, 0.15) is 21.6 Å². The van der Waals surface area contributed by atoms with Gasteiger partial charge in [-0.2, -0.15) is 5.10 Å². The molecule has 1 heterocycles. The number of para-hydroxylation sites is 1. The summed E-state index contributed by atoms with van der Waals surface area (Å²) in [6.45, 7) is 1.78. The minimum atomic E-state index is -0.353. The van der Waals surface area contributed by atoms with Crippen LogP contribution in [0, 0.1) is 6.92 Å². The average molecular weight is 399 g/mol. The van der Waals surface area contributed by atoms with Gasteiger partial charge in [-0.25, -0.2) is 10.1 Å². The molecule has 25 heavy (non-hydrogen) atoms. The lowest BCUT2D eigenvalue weighted by Gasteiger charge is -1.99. The summed E-state index contributed by atoms with van der Waals surface area (Å²) in [7, 11) is 0. The van der Waals surface area contributed by atoms with Gasteiger partial charge in [-0.1, -0.05) is 40.2 Å². The molecule has 1 amide bonds. The van der Waals surface area contributed by atoms with E-state index in [1.165, 1.54) is 10.9 Å². The number of nitrogens with zero attached hydrogens (tertiary/aromatic N) is 2. The number of hydrogen-bond donors (Lipinski definition) is 2. The second-order valence-corrected chi connectivity index (χ2v) is 6.25. The van der Waals surface area contributed by atoms with Gasteiger partial charge in [0.05, 0.1) is 17.5 Å². The topological polar surface area (TPSA) is 79.2 Å². The molecule has 0 saturated carbocycles. The van der Waals surface area contributed by atoms with Crippen LogP contribution >= 0.6 is 15.9 Å². The third-order valence-corrected chi connectivity index (χ3v) is 4.07. The number of halogens is 1. The van der Waals surface area contributed by atoms with E-state index >= 15 is 0 Å². The number of carbonyl (C=O) groups excluding carboxylic acids is 1. The SMILES string of the molecule is Cc1[nH]n(-c2ccccc2)c(=O)c1/C=N/NC(=O)c1cccc(Br)c1. The Morgan fingerprint density at radius 2 is 1.96 bits per heavy atom. The van der Waals surface area contributed by atoms with Crippen molar-refractivity contribution in [3.63, 3.8) is 0 Å². The highest BCUT2D eigenvalue weighted by atomic mass is 79.9. The van der Waals surface area contributed by atoms with Crippen molar-refractivity contribution in [3.8, 4) is 5.69 Å². The van der Waals surface area contributed by atoms with Crippen molar-refractivity contribution in [3.05, 3.63) is 86.2 Å². The molecule has 1 aromatic heterocycles. The number of aryl methyl sites for hydroxylation is 1. The normalized spacial score (nSPS) is 11.0. The molecular weight excluding hydrogens is 384 g/mol. The molecule has 6 nitrogen and oxygen atoms in total. The van der Waals surface area contributed by atoms with Crippen LogP contribution in [0.2, 0.25) is 0 Å². The number of hydrazone groups is 1. The quantitative estimate of drug-likeness (QED) is 0.523. The van der Waals surface area contributed by atoms with E-state index in [0.717, 1.165) is 10.2 Å². The minimum Gasteiger partial charge on any atom is -0.295 e. The van der Waals surface area contributed by atoms with Gasteiger partial charge in [-0.3, -0.25) is 14.7 Å². The number of benzene rings is 2. The molecule has 3 aromatic rings. The van der Waals surface area contributed by atoms with E-state index in [0.29, 0.717) is 16.8 Å². The second kappa shape index (κ2) is 7.31. The zero-order valence-electron chi connectivity index (χ0n) is 13.4. The monoisotopic (exact) mass is 398 g/mol. The van der Waals surface area contributed by atoms with Crippen molar-refractivity contribution in [1.29, 1.82) is 0 Å². The number of hydrogen-bond acceptors (Lipinski definition) is 3. The first-order valence-electron chi connectivity index (χ1n) is 7.52. The highest BCUT2D eigenvalue weighted by molar-refractivity contribution is 9.10. The van der Waals surface area contributed by atoms with Gasteiger partial charge < -0.3 is 0 Å². The van der Waals surface area contributed by atoms with Gasteiger partial charge in [0.15, 0.2) is 0 Å². The Kier molecular flexibility index (Phi) is 4.95. The maximum absolute atomic E-state index is 12.5. The minimum absolute atomic E-state index is 0.232. The van der Waals surface area contributed by atoms with Crippen LogP contribution < -0.4 is 11.0 Å². The van der Waals surface area contributed by atoms with Gasteiger partial charge in [0.25, 0.3) is 11.5 Å². The highest BCUT2D eigenvalue weighted by Crippen LogP contribution is 2.11. The fourth-order valence-electron chi connectivity index (χ4n) is 2.32. The summed E-state index contributed by atoms with van der Waals surface area (Å²) in [5.74, 6) is -0.353. The Morgan fingerprint density at radius 3 is 2.68 bits per heavy atom. The van der Waals surface area contributed by atoms with Gasteiger partial charge in [-0.15, -0.1) is 0 Å². The van der Waals surface area contributed by atoms with E-state index in [4.69, 9.17) is 0 Å². The van der Waals surface area contributed by atoms with E-state index < -0.39 is 0 Å². The van der Waals surface area contributed by atoms with E-state index in [1.54, 1.807) is 25.1 Å². The van der Waals surface area contributed by atoms with Crippen LogP contribution in [-0.2, 0) is 0 Å². The van der Waals surface area contributed by atoms with Crippen LogP contribution in [0.15, 0.2) is 69.0 Å². The number of aromatic nitrogens is 2. The summed E-state index contributed by atoms with van der Waals surface area (Å²) in [5, 5.41) is 6.90.